The molecule has 1 saturated heterocycles. The van der Waals surface area contributed by atoms with Gasteiger partial charge in [-0.25, -0.2) is 4.98 Å². The summed E-state index contributed by atoms with van der Waals surface area (Å²) in [6, 6.07) is 0.715. The highest BCUT2D eigenvalue weighted by molar-refractivity contribution is 7.09. The molecule has 1 N–H and O–H groups in total. The van der Waals surface area contributed by atoms with Crippen LogP contribution in [0.3, 0.4) is 0 Å². The van der Waals surface area contributed by atoms with Crippen LogP contribution in [0.15, 0.2) is 5.51 Å². The molecule has 1 atom stereocenters. The van der Waals surface area contributed by atoms with E-state index in [1.807, 2.05) is 5.51 Å². The molecule has 1 aromatic rings. The Hall–Kier alpha value is -0.450. The zero-order valence-corrected chi connectivity index (χ0v) is 11.0. The maximum atomic E-state index is 4.29. The molecule has 1 aliphatic rings. The maximum absolute atomic E-state index is 4.29. The van der Waals surface area contributed by atoms with E-state index in [-0.39, 0.29) is 0 Å². The standard InChI is InChI=1S/C12H21N3S/c1-10-12(16-9-14-10)5-7-15(2)8-11-4-3-6-13-11/h9,11,13H,3-8H2,1-2H3. The van der Waals surface area contributed by atoms with Crippen LogP contribution in [0, 0.1) is 6.92 Å². The first-order chi connectivity index (χ1) is 7.75. The van der Waals surface area contributed by atoms with Crippen molar-refractivity contribution < 1.29 is 0 Å². The number of nitrogens with one attached hydrogen (secondary N) is 1. The first-order valence-electron chi connectivity index (χ1n) is 6.06. The quantitative estimate of drug-likeness (QED) is 0.847. The number of hydrogen-bond acceptors (Lipinski definition) is 4. The third kappa shape index (κ3) is 3.27. The van der Waals surface area contributed by atoms with Crippen molar-refractivity contribution in [2.24, 2.45) is 0 Å². The predicted octanol–water partition coefficient (Wildman–Crippen LogP) is 1.68. The van der Waals surface area contributed by atoms with Gasteiger partial charge in [0.2, 0.25) is 0 Å². The lowest BCUT2D eigenvalue weighted by molar-refractivity contribution is 0.304. The number of aromatic nitrogens is 1. The normalized spacial score (nSPS) is 20.8. The van der Waals surface area contributed by atoms with Gasteiger partial charge in [-0.2, -0.15) is 0 Å². The number of thiazole rings is 1. The Morgan fingerprint density at radius 3 is 3.12 bits per heavy atom. The van der Waals surface area contributed by atoms with E-state index in [9.17, 15) is 0 Å². The van der Waals surface area contributed by atoms with Gasteiger partial charge in [-0.15, -0.1) is 11.3 Å². The van der Waals surface area contributed by atoms with E-state index in [1.54, 1.807) is 11.3 Å². The Kier molecular flexibility index (Phi) is 4.32. The first kappa shape index (κ1) is 12.0. The third-order valence-corrected chi connectivity index (χ3v) is 4.25. The Labute approximate surface area is 102 Å². The van der Waals surface area contributed by atoms with Crippen LogP contribution in [0.2, 0.25) is 0 Å². The topological polar surface area (TPSA) is 28.2 Å². The fourth-order valence-electron chi connectivity index (χ4n) is 2.24. The summed E-state index contributed by atoms with van der Waals surface area (Å²) >= 11 is 1.78. The number of nitrogens with zero attached hydrogens (tertiary/aromatic N) is 2. The van der Waals surface area contributed by atoms with Gasteiger partial charge in [0.05, 0.1) is 11.2 Å². The molecule has 2 heterocycles. The Bertz CT molecular complexity index is 318. The van der Waals surface area contributed by atoms with Crippen LogP contribution in [-0.4, -0.2) is 42.6 Å². The molecule has 0 spiro atoms. The van der Waals surface area contributed by atoms with Crippen LogP contribution in [0.1, 0.15) is 23.4 Å². The van der Waals surface area contributed by atoms with E-state index in [4.69, 9.17) is 0 Å². The zero-order valence-electron chi connectivity index (χ0n) is 10.2. The summed E-state index contributed by atoms with van der Waals surface area (Å²) in [6.45, 7) is 5.62. The molecule has 1 fully saturated rings. The monoisotopic (exact) mass is 239 g/mol. The molecule has 0 aliphatic carbocycles. The number of hydrogen-bond donors (Lipinski definition) is 1. The van der Waals surface area contributed by atoms with Crippen molar-refractivity contribution in [3.8, 4) is 0 Å². The Balaban J connectivity index is 1.71. The van der Waals surface area contributed by atoms with E-state index in [1.165, 1.54) is 36.5 Å². The molecule has 0 bridgehead atoms. The molecule has 0 radical (unpaired) electrons. The number of rotatable bonds is 5. The van der Waals surface area contributed by atoms with Crippen LogP contribution in [0.4, 0.5) is 0 Å². The SMILES string of the molecule is Cc1ncsc1CCN(C)CC1CCCN1. The van der Waals surface area contributed by atoms with Gasteiger partial charge in [-0.05, 0) is 39.8 Å². The number of aryl methyl sites for hydroxylation is 1. The second kappa shape index (κ2) is 5.75. The summed E-state index contributed by atoms with van der Waals surface area (Å²) in [7, 11) is 2.22. The Morgan fingerprint density at radius 1 is 1.62 bits per heavy atom. The van der Waals surface area contributed by atoms with Gasteiger partial charge in [-0.3, -0.25) is 0 Å². The van der Waals surface area contributed by atoms with Gasteiger partial charge >= 0.3 is 0 Å². The predicted molar refractivity (Wildman–Crippen MR) is 69.1 cm³/mol. The van der Waals surface area contributed by atoms with E-state index < -0.39 is 0 Å². The minimum atomic E-state index is 0.715. The average molecular weight is 239 g/mol. The van der Waals surface area contributed by atoms with Gasteiger partial charge in [0, 0.05) is 24.0 Å². The molecule has 0 aromatic carbocycles. The van der Waals surface area contributed by atoms with Crippen LogP contribution >= 0.6 is 11.3 Å². The summed E-state index contributed by atoms with van der Waals surface area (Å²) in [5.74, 6) is 0. The van der Waals surface area contributed by atoms with E-state index in [0.717, 1.165) is 13.0 Å². The average Bonchev–Trinajstić information content (AvgIpc) is 2.87. The lowest BCUT2D eigenvalue weighted by atomic mass is 10.2. The summed E-state index contributed by atoms with van der Waals surface area (Å²) in [4.78, 5) is 8.15. The highest BCUT2D eigenvalue weighted by atomic mass is 32.1. The summed E-state index contributed by atoms with van der Waals surface area (Å²) in [5.41, 5.74) is 3.15. The minimum Gasteiger partial charge on any atom is -0.313 e. The second-order valence-corrected chi connectivity index (χ2v) is 5.61. The highest BCUT2D eigenvalue weighted by Gasteiger charge is 2.15. The van der Waals surface area contributed by atoms with Crippen LogP contribution < -0.4 is 5.32 Å². The van der Waals surface area contributed by atoms with Crippen molar-refractivity contribution in [2.45, 2.75) is 32.2 Å². The smallest absolute Gasteiger partial charge is 0.0797 e. The second-order valence-electron chi connectivity index (χ2n) is 4.67. The van der Waals surface area contributed by atoms with E-state index in [2.05, 4.69) is 29.2 Å². The fourth-order valence-corrected chi connectivity index (χ4v) is 3.01. The molecule has 2 rings (SSSR count). The van der Waals surface area contributed by atoms with E-state index in [0.29, 0.717) is 6.04 Å². The summed E-state index contributed by atoms with van der Waals surface area (Å²) < 4.78 is 0. The van der Waals surface area contributed by atoms with Crippen molar-refractivity contribution in [3.63, 3.8) is 0 Å². The lowest BCUT2D eigenvalue weighted by Gasteiger charge is -2.20. The molecule has 4 heteroatoms. The first-order valence-corrected chi connectivity index (χ1v) is 6.94. The van der Waals surface area contributed by atoms with Crippen molar-refractivity contribution in [1.82, 2.24) is 15.2 Å². The maximum Gasteiger partial charge on any atom is 0.0797 e. The minimum absolute atomic E-state index is 0.715. The molecular formula is C12H21N3S. The van der Waals surface area contributed by atoms with E-state index >= 15 is 0 Å². The zero-order chi connectivity index (χ0) is 11.4. The van der Waals surface area contributed by atoms with Gasteiger partial charge in [-0.1, -0.05) is 0 Å². The molecular weight excluding hydrogens is 218 g/mol. The summed E-state index contributed by atoms with van der Waals surface area (Å²) in [5, 5.41) is 3.54. The molecule has 3 nitrogen and oxygen atoms in total. The third-order valence-electron chi connectivity index (χ3n) is 3.26. The van der Waals surface area contributed by atoms with Crippen molar-refractivity contribution in [1.29, 1.82) is 0 Å². The van der Waals surface area contributed by atoms with Crippen LogP contribution in [-0.2, 0) is 6.42 Å². The van der Waals surface area contributed by atoms with Crippen molar-refractivity contribution in [3.05, 3.63) is 16.1 Å². The number of likely N-dealkylation sites (N-methyl/N-ethyl adjacent to an activating group) is 1. The van der Waals surface area contributed by atoms with Gasteiger partial charge in [0.1, 0.15) is 0 Å². The molecule has 0 amide bonds. The fraction of sp³-hybridized carbons (Fsp3) is 0.750. The molecule has 1 unspecified atom stereocenters. The van der Waals surface area contributed by atoms with Crippen molar-refractivity contribution >= 4 is 11.3 Å². The Morgan fingerprint density at radius 2 is 2.50 bits per heavy atom. The molecule has 90 valence electrons. The molecule has 1 aliphatic heterocycles. The highest BCUT2D eigenvalue weighted by Crippen LogP contribution is 2.13. The van der Waals surface area contributed by atoms with Crippen molar-refractivity contribution in [2.75, 3.05) is 26.7 Å². The van der Waals surface area contributed by atoms with Gasteiger partial charge < -0.3 is 10.2 Å². The van der Waals surface area contributed by atoms with Crippen LogP contribution in [0.25, 0.3) is 0 Å². The van der Waals surface area contributed by atoms with Gasteiger partial charge in [0.25, 0.3) is 0 Å². The summed E-state index contributed by atoms with van der Waals surface area (Å²) in [6.07, 6.45) is 3.82. The van der Waals surface area contributed by atoms with Gasteiger partial charge in [0.15, 0.2) is 0 Å². The van der Waals surface area contributed by atoms with Crippen LogP contribution in [0.5, 0.6) is 0 Å². The molecule has 16 heavy (non-hydrogen) atoms. The molecule has 1 aromatic heterocycles. The molecule has 0 saturated carbocycles. The largest absolute Gasteiger partial charge is 0.313 e. The lowest BCUT2D eigenvalue weighted by Crippen LogP contribution is -2.36.